The number of aryl methyl sites for hydroxylation is 1. The summed E-state index contributed by atoms with van der Waals surface area (Å²) in [6.07, 6.45) is 2.42. The van der Waals surface area contributed by atoms with Gasteiger partial charge in [-0.05, 0) is 37.1 Å². The number of H-pyrrole nitrogens is 1. The Hall–Kier alpha value is -2.34. The number of pyridine rings is 1. The number of amides is 1. The fraction of sp³-hybridized carbons (Fsp3) is 0.235. The van der Waals surface area contributed by atoms with Crippen LogP contribution < -0.4 is 5.32 Å². The molecule has 1 amide bonds. The zero-order valence-corrected chi connectivity index (χ0v) is 13.9. The van der Waals surface area contributed by atoms with Gasteiger partial charge in [0.1, 0.15) is 0 Å². The van der Waals surface area contributed by atoms with E-state index in [-0.39, 0.29) is 11.2 Å². The summed E-state index contributed by atoms with van der Waals surface area (Å²) in [7, 11) is 0. The molecular weight excluding hydrogens is 308 g/mol. The Kier molecular flexibility index (Phi) is 4.62. The molecule has 2 aromatic heterocycles. The van der Waals surface area contributed by atoms with Gasteiger partial charge in [-0.1, -0.05) is 36.9 Å². The lowest BCUT2D eigenvalue weighted by atomic mass is 10.2. The Morgan fingerprint density at radius 2 is 2.13 bits per heavy atom. The molecule has 0 saturated carbocycles. The van der Waals surface area contributed by atoms with Crippen molar-refractivity contribution in [3.05, 3.63) is 48.2 Å². The van der Waals surface area contributed by atoms with E-state index in [1.54, 1.807) is 6.20 Å². The molecule has 0 fully saturated rings. The third kappa shape index (κ3) is 3.53. The highest BCUT2D eigenvalue weighted by atomic mass is 32.2. The molecule has 3 rings (SSSR count). The van der Waals surface area contributed by atoms with Gasteiger partial charge in [0.15, 0.2) is 10.8 Å². The first-order valence-corrected chi connectivity index (χ1v) is 8.39. The number of carbonyl (C=O) groups excluding carboxylic acids is 1. The highest BCUT2D eigenvalue weighted by Crippen LogP contribution is 2.26. The predicted molar refractivity (Wildman–Crippen MR) is 93.6 cm³/mol. The van der Waals surface area contributed by atoms with Crippen LogP contribution in [0, 0.1) is 6.92 Å². The standard InChI is InChI=1S/C17H18N4OS/c1-3-14(16(22)19-12-8-5-4-7-11(12)2)23-17-20-13-9-6-10-18-15(13)21-17/h4-10,14H,3H2,1-2H3,(H,19,22)(H,18,20,21)/t14-/m1/s1. The second kappa shape index (κ2) is 6.83. The molecule has 0 aliphatic carbocycles. The van der Waals surface area contributed by atoms with E-state index in [4.69, 9.17) is 0 Å². The number of thioether (sulfide) groups is 1. The molecule has 1 atom stereocenters. The smallest absolute Gasteiger partial charge is 0.237 e. The topological polar surface area (TPSA) is 70.7 Å². The maximum atomic E-state index is 12.5. The second-order valence-corrected chi connectivity index (χ2v) is 6.43. The van der Waals surface area contributed by atoms with Crippen molar-refractivity contribution < 1.29 is 4.79 Å². The van der Waals surface area contributed by atoms with Crippen LogP contribution in [0.3, 0.4) is 0 Å². The number of hydrogen-bond acceptors (Lipinski definition) is 4. The van der Waals surface area contributed by atoms with Crippen LogP contribution in [0.4, 0.5) is 5.69 Å². The van der Waals surface area contributed by atoms with Gasteiger partial charge < -0.3 is 10.3 Å². The van der Waals surface area contributed by atoms with Gasteiger partial charge in [-0.2, -0.15) is 0 Å². The highest BCUT2D eigenvalue weighted by molar-refractivity contribution is 8.00. The van der Waals surface area contributed by atoms with Gasteiger partial charge in [0.25, 0.3) is 0 Å². The van der Waals surface area contributed by atoms with Crippen molar-refractivity contribution >= 4 is 34.5 Å². The molecule has 3 aromatic rings. The van der Waals surface area contributed by atoms with Crippen LogP contribution in [0.5, 0.6) is 0 Å². The minimum atomic E-state index is -0.213. The molecule has 0 spiro atoms. The molecule has 0 unspecified atom stereocenters. The van der Waals surface area contributed by atoms with E-state index >= 15 is 0 Å². The van der Waals surface area contributed by atoms with Crippen LogP contribution in [0.1, 0.15) is 18.9 Å². The zero-order chi connectivity index (χ0) is 16.2. The van der Waals surface area contributed by atoms with Crippen LogP contribution >= 0.6 is 11.8 Å². The Morgan fingerprint density at radius 3 is 2.87 bits per heavy atom. The average Bonchev–Trinajstić information content (AvgIpc) is 2.97. The number of aromatic nitrogens is 3. The first-order valence-electron chi connectivity index (χ1n) is 7.51. The lowest BCUT2D eigenvalue weighted by molar-refractivity contribution is -0.115. The molecule has 0 radical (unpaired) electrons. The summed E-state index contributed by atoms with van der Waals surface area (Å²) in [6.45, 7) is 3.98. The van der Waals surface area contributed by atoms with Crippen molar-refractivity contribution in [2.75, 3.05) is 5.32 Å². The quantitative estimate of drug-likeness (QED) is 0.700. The van der Waals surface area contributed by atoms with E-state index in [2.05, 4.69) is 20.3 Å². The summed E-state index contributed by atoms with van der Waals surface area (Å²) in [4.78, 5) is 24.4. The van der Waals surface area contributed by atoms with Crippen LogP contribution in [0.2, 0.25) is 0 Å². The number of hydrogen-bond donors (Lipinski definition) is 2. The summed E-state index contributed by atoms with van der Waals surface area (Å²) < 4.78 is 0. The largest absolute Gasteiger partial charge is 0.332 e. The van der Waals surface area contributed by atoms with Gasteiger partial charge in [-0.3, -0.25) is 4.79 Å². The van der Waals surface area contributed by atoms with E-state index in [1.165, 1.54) is 11.8 Å². The Bertz CT molecular complexity index is 797. The molecule has 23 heavy (non-hydrogen) atoms. The first-order chi connectivity index (χ1) is 11.2. The monoisotopic (exact) mass is 326 g/mol. The van der Waals surface area contributed by atoms with Gasteiger partial charge in [0.05, 0.1) is 10.8 Å². The van der Waals surface area contributed by atoms with Gasteiger partial charge in [0, 0.05) is 11.9 Å². The minimum Gasteiger partial charge on any atom is -0.332 e. The number of aromatic amines is 1. The van der Waals surface area contributed by atoms with Crippen molar-refractivity contribution in [3.8, 4) is 0 Å². The highest BCUT2D eigenvalue weighted by Gasteiger charge is 2.20. The molecule has 5 nitrogen and oxygen atoms in total. The van der Waals surface area contributed by atoms with Crippen molar-refractivity contribution in [2.24, 2.45) is 0 Å². The number of benzene rings is 1. The molecule has 0 bridgehead atoms. The van der Waals surface area contributed by atoms with E-state index in [9.17, 15) is 4.79 Å². The maximum Gasteiger partial charge on any atom is 0.237 e. The maximum absolute atomic E-state index is 12.5. The number of carbonyl (C=O) groups is 1. The average molecular weight is 326 g/mol. The van der Waals surface area contributed by atoms with Crippen molar-refractivity contribution in [2.45, 2.75) is 30.7 Å². The van der Waals surface area contributed by atoms with Crippen LogP contribution in [-0.2, 0) is 4.79 Å². The van der Waals surface area contributed by atoms with Crippen molar-refractivity contribution in [1.29, 1.82) is 0 Å². The Morgan fingerprint density at radius 1 is 1.30 bits per heavy atom. The fourth-order valence-electron chi connectivity index (χ4n) is 2.26. The molecule has 0 saturated heterocycles. The van der Waals surface area contributed by atoms with E-state index in [0.717, 1.165) is 16.8 Å². The summed E-state index contributed by atoms with van der Waals surface area (Å²) in [6, 6.07) is 11.6. The zero-order valence-electron chi connectivity index (χ0n) is 13.0. The number of anilines is 1. The molecule has 0 aliphatic heterocycles. The van der Waals surface area contributed by atoms with E-state index in [0.29, 0.717) is 17.2 Å². The number of para-hydroxylation sites is 1. The number of rotatable bonds is 5. The number of imidazole rings is 1. The third-order valence-electron chi connectivity index (χ3n) is 3.56. The molecule has 6 heteroatoms. The minimum absolute atomic E-state index is 0.0137. The van der Waals surface area contributed by atoms with E-state index < -0.39 is 0 Å². The van der Waals surface area contributed by atoms with Gasteiger partial charge in [-0.25, -0.2) is 9.97 Å². The first kappa shape index (κ1) is 15.6. The molecule has 2 N–H and O–H groups in total. The Balaban J connectivity index is 1.74. The third-order valence-corrected chi connectivity index (χ3v) is 4.80. The summed E-state index contributed by atoms with van der Waals surface area (Å²) in [5.41, 5.74) is 3.45. The lowest BCUT2D eigenvalue weighted by Gasteiger charge is -2.14. The molecule has 1 aromatic carbocycles. The molecular formula is C17H18N4OS. The lowest BCUT2D eigenvalue weighted by Crippen LogP contribution is -2.25. The van der Waals surface area contributed by atoms with Gasteiger partial charge in [-0.15, -0.1) is 0 Å². The molecule has 2 heterocycles. The van der Waals surface area contributed by atoms with Crippen LogP contribution in [-0.4, -0.2) is 26.1 Å². The molecule has 0 aliphatic rings. The number of fused-ring (bicyclic) bond motifs is 1. The summed E-state index contributed by atoms with van der Waals surface area (Å²) in [5.74, 6) is -0.0137. The van der Waals surface area contributed by atoms with Crippen molar-refractivity contribution in [3.63, 3.8) is 0 Å². The SMILES string of the molecule is CC[C@@H](Sc1nc2ncccc2[nH]1)C(=O)Nc1ccccc1C. The second-order valence-electron chi connectivity index (χ2n) is 5.24. The summed E-state index contributed by atoms with van der Waals surface area (Å²) in [5, 5.41) is 3.50. The van der Waals surface area contributed by atoms with Crippen LogP contribution in [0.15, 0.2) is 47.8 Å². The number of nitrogens with zero attached hydrogens (tertiary/aromatic N) is 2. The molecule has 118 valence electrons. The normalized spacial score (nSPS) is 12.3. The van der Waals surface area contributed by atoms with Gasteiger partial charge >= 0.3 is 0 Å². The summed E-state index contributed by atoms with van der Waals surface area (Å²) >= 11 is 1.43. The predicted octanol–water partition coefficient (Wildman–Crippen LogP) is 3.78. The van der Waals surface area contributed by atoms with E-state index in [1.807, 2.05) is 50.2 Å². The Labute approximate surface area is 138 Å². The van der Waals surface area contributed by atoms with Crippen LogP contribution in [0.25, 0.3) is 11.2 Å². The number of nitrogens with one attached hydrogen (secondary N) is 2. The fourth-order valence-corrected chi connectivity index (χ4v) is 3.17. The van der Waals surface area contributed by atoms with Crippen molar-refractivity contribution in [1.82, 2.24) is 15.0 Å². The van der Waals surface area contributed by atoms with Gasteiger partial charge in [0.2, 0.25) is 5.91 Å².